The van der Waals surface area contributed by atoms with Crippen LogP contribution in [0.15, 0.2) is 294 Å². The van der Waals surface area contributed by atoms with Gasteiger partial charge < -0.3 is 0 Å². The van der Waals surface area contributed by atoms with Gasteiger partial charge in [-0.25, -0.2) is 0 Å². The van der Waals surface area contributed by atoms with Crippen LogP contribution in [-0.2, 0) is 56.2 Å². The zero-order chi connectivity index (χ0) is 80.8. The molecule has 0 amide bonds. The van der Waals surface area contributed by atoms with Gasteiger partial charge in [-0.05, 0) is 6.92 Å². The van der Waals surface area contributed by atoms with Gasteiger partial charge >= 0.3 is 688 Å². The van der Waals surface area contributed by atoms with Crippen molar-refractivity contribution in [1.82, 2.24) is 0 Å². The first-order valence-corrected chi connectivity index (χ1v) is 48.8. The number of benzene rings is 10. The fourth-order valence-corrected chi connectivity index (χ4v) is 30.3. The first kappa shape index (κ1) is 87.9. The molecule has 0 unspecified atom stereocenters. The monoisotopic (exact) mass is 1930 g/mol. The van der Waals surface area contributed by atoms with Gasteiger partial charge in [-0.2, -0.15) is 0 Å². The van der Waals surface area contributed by atoms with Crippen molar-refractivity contribution in [3.63, 3.8) is 0 Å². The maximum atomic E-state index is 6.71. The Labute approximate surface area is 724 Å². The van der Waals surface area contributed by atoms with Crippen molar-refractivity contribution in [3.8, 4) is 43.3 Å². The molecule has 0 bridgehead atoms. The van der Waals surface area contributed by atoms with Gasteiger partial charge in [0.2, 0.25) is 0 Å². The number of fused-ring (bicyclic) bond motifs is 6. The van der Waals surface area contributed by atoms with Crippen LogP contribution in [0.5, 0.6) is 0 Å². The van der Waals surface area contributed by atoms with Crippen LogP contribution < -0.4 is 31.8 Å². The molecule has 14 rings (SSSR count). The number of unbranched alkanes of at least 4 members (excludes halogenated alkanes) is 12. The topological polar surface area (TPSA) is 18.5 Å². The number of hydrogen-bond donors (Lipinski definition) is 0. The second-order valence-electron chi connectivity index (χ2n) is 31.6. The van der Waals surface area contributed by atoms with Crippen molar-refractivity contribution >= 4 is 63.6 Å². The Kier molecular flexibility index (Phi) is 31.9. The molecule has 6 heteroatoms. The number of terminal acetylenes is 1. The zero-order valence-corrected chi connectivity index (χ0v) is 75.8. The van der Waals surface area contributed by atoms with Crippen LogP contribution in [0.2, 0.25) is 0 Å². The zero-order valence-electron chi connectivity index (χ0n) is 68.9. The van der Waals surface area contributed by atoms with Crippen molar-refractivity contribution in [2.45, 2.75) is 188 Å². The molecule has 0 radical (unpaired) electrons. The van der Waals surface area contributed by atoms with Gasteiger partial charge in [0.25, 0.3) is 0 Å². The summed E-state index contributed by atoms with van der Waals surface area (Å²) in [6, 6.07) is 95.5. The van der Waals surface area contributed by atoms with Crippen LogP contribution in [0.3, 0.4) is 0 Å². The van der Waals surface area contributed by atoms with E-state index < -0.39 is 14.5 Å². The van der Waals surface area contributed by atoms with Crippen molar-refractivity contribution < 1.29 is 45.4 Å². The molecule has 10 aromatic carbocycles. The molecule has 117 heavy (non-hydrogen) atoms. The minimum absolute atomic E-state index is 0. The molecule has 0 spiro atoms. The van der Waals surface area contributed by atoms with E-state index in [0.29, 0.717) is 26.4 Å². The van der Waals surface area contributed by atoms with Crippen LogP contribution in [0.25, 0.3) is 39.5 Å². The van der Waals surface area contributed by atoms with Crippen molar-refractivity contribution in [1.29, 1.82) is 0 Å². The molecule has 0 aromatic heterocycles. The van der Waals surface area contributed by atoms with E-state index in [1.165, 1.54) is 196 Å². The van der Waals surface area contributed by atoms with E-state index in [2.05, 4.69) is 334 Å². The van der Waals surface area contributed by atoms with E-state index in [1.54, 1.807) is 0 Å². The third-order valence-corrected chi connectivity index (χ3v) is 35.2. The van der Waals surface area contributed by atoms with E-state index in [-0.39, 0.29) is 18.3 Å². The molecule has 0 N–H and O–H groups in total. The SMILES string of the molecule is C.C#Cc1ccc2c(c1)C(CCCCCC)(CCCCCC)c1cc(C([C-]=C3COCC3=[CH-])=C([C]#[Os])[P+](c3ccccc3)(c3ccccc3)c3ccccc3)ccc1-2.C[C-]=C1COCC1=[C-]C(=C([C]#[Os])[P+](c1ccccc1)(c1ccccc1)c1ccccc1)c1ccc2c(c1)C(CCCCCC)(CCCCCC)c1cc(/C=C/C)ccc1-2. The summed E-state index contributed by atoms with van der Waals surface area (Å²) in [7, 11) is -5.07. The maximum absolute atomic E-state index is 6.71. The fourth-order valence-electron chi connectivity index (χ4n) is 18.7. The van der Waals surface area contributed by atoms with Gasteiger partial charge in [0, 0.05) is 0 Å². The first-order valence-electron chi connectivity index (χ1n) is 42.6. The normalized spacial score (nSPS) is 15.8. The van der Waals surface area contributed by atoms with Crippen molar-refractivity contribution in [2.75, 3.05) is 26.4 Å². The number of hydrogen-bond acceptors (Lipinski definition) is 2. The van der Waals surface area contributed by atoms with Crippen LogP contribution in [-0.4, -0.2) is 26.4 Å². The molecule has 2 aliphatic carbocycles. The third kappa shape index (κ3) is 18.5. The van der Waals surface area contributed by atoms with Gasteiger partial charge in [0.1, 0.15) is 0 Å². The Morgan fingerprint density at radius 3 is 1.07 bits per heavy atom. The molecule has 0 saturated carbocycles. The average Bonchev–Trinajstić information content (AvgIpc) is 1.52. The molecule has 0 atom stereocenters. The van der Waals surface area contributed by atoms with Gasteiger partial charge in [-0.3, -0.25) is 0 Å². The number of allylic oxidation sites excluding steroid dienone is 8. The van der Waals surface area contributed by atoms with E-state index >= 15 is 0 Å². The van der Waals surface area contributed by atoms with E-state index in [0.717, 1.165) is 75.6 Å². The second-order valence-corrected chi connectivity index (χ2v) is 39.5. The summed E-state index contributed by atoms with van der Waals surface area (Å²) >= 11 is 3.66. The summed E-state index contributed by atoms with van der Waals surface area (Å²) in [6.45, 7) is 22.0. The molecule has 2 heterocycles. The summed E-state index contributed by atoms with van der Waals surface area (Å²) in [6.07, 6.45) is 46.4. The molecule has 4 aliphatic rings. The molecule has 2 nitrogen and oxygen atoms in total. The molecule has 2 saturated heterocycles. The van der Waals surface area contributed by atoms with Crippen molar-refractivity contribution in [3.05, 3.63) is 363 Å². The Bertz CT molecular complexity index is 5150. The Hall–Kier alpha value is -8.45. The minimum atomic E-state index is -2.55. The first-order chi connectivity index (χ1) is 57.1. The number of ether oxygens (including phenoxy) is 2. The van der Waals surface area contributed by atoms with Gasteiger partial charge in [-0.15, -0.1) is 0 Å². The fraction of sp³-hybridized carbons (Fsp3) is 0.297. The Balaban J connectivity index is 0.000000214. The molecular formula is C111H116O2Os2P2-2. The summed E-state index contributed by atoms with van der Waals surface area (Å²) in [4.78, 5) is 0. The number of rotatable bonds is 33. The van der Waals surface area contributed by atoms with E-state index in [9.17, 15) is 0 Å². The van der Waals surface area contributed by atoms with Gasteiger partial charge in [-0.1, -0.05) is 35.1 Å². The summed E-state index contributed by atoms with van der Waals surface area (Å²) in [5.74, 6) is 2.98. The van der Waals surface area contributed by atoms with Crippen LogP contribution in [0.4, 0.5) is 0 Å². The van der Waals surface area contributed by atoms with Crippen LogP contribution in [0, 0.1) is 45.9 Å². The van der Waals surface area contributed by atoms with Gasteiger partial charge in [0.15, 0.2) is 0 Å². The molecule has 10 aromatic rings. The third-order valence-electron chi connectivity index (χ3n) is 24.5. The predicted octanol–water partition coefficient (Wildman–Crippen LogP) is 26.5. The Morgan fingerprint density at radius 2 is 0.735 bits per heavy atom. The van der Waals surface area contributed by atoms with Gasteiger partial charge in [0.05, 0.1) is 0 Å². The van der Waals surface area contributed by atoms with E-state index in [4.69, 9.17) is 22.5 Å². The molecule has 2 fully saturated rings. The quantitative estimate of drug-likeness (QED) is 0.0177. The predicted molar refractivity (Wildman–Crippen MR) is 497 cm³/mol. The second kappa shape index (κ2) is 42.5. The molecule has 600 valence electrons. The van der Waals surface area contributed by atoms with Crippen LogP contribution >= 0.6 is 14.5 Å². The summed E-state index contributed by atoms with van der Waals surface area (Å²) in [5.41, 5.74) is 21.6. The van der Waals surface area contributed by atoms with Crippen LogP contribution in [0.1, 0.15) is 222 Å². The Morgan fingerprint density at radius 1 is 0.410 bits per heavy atom. The summed E-state index contributed by atoms with van der Waals surface area (Å²) < 4.78 is 20.0. The molecule has 2 aliphatic heterocycles. The summed E-state index contributed by atoms with van der Waals surface area (Å²) in [5, 5.41) is 10.1. The average molecular weight is 1920 g/mol. The van der Waals surface area contributed by atoms with E-state index in [1.807, 2.05) is 42.8 Å². The standard InChI is InChI=1S/C56H59OP.C54H53OP.CH4.2Os/c1-6-10-12-23-36-56(37-24-13-11-7-2)54-38-44(25-8-3)32-34-51(54)52-35-33-46(40-55(52)56)53(39-47-42-57-41-45(47)9-4)43(5)58(48-26-17-14-18-27-48,49-28-19-15-20-29-49)50-30-21-16-22-31-50;1-6-9-11-22-34-54(35-23-12-10-7-2)52-36-43(8-3)30-32-49(52)50-33-31-44(38-53(50)54)51(37-45-40-55-39-41(45)4)42(5)56(46-24-16-13-17-25-46,47-26-18-14-19-27-47)48-28-20-15-21-29-48;;;/h8,14-22,25-35,38,40H,6-7,10-13,23-24,36-37,41-42H2,1-4H3;3-4,13-21,24-33,36,38H,6-7,9-12,22-23,34-35,39-40H2,1-2H3;1H4;;/q2*-1;;;/b25-8+,53-43?;;;;. The van der Waals surface area contributed by atoms with Crippen molar-refractivity contribution in [2.24, 2.45) is 0 Å². The molecular weight excluding hydrogens is 1810 g/mol.